The van der Waals surface area contributed by atoms with Gasteiger partial charge in [-0.2, -0.15) is 13.2 Å². The van der Waals surface area contributed by atoms with Gasteiger partial charge in [-0.3, -0.25) is 0 Å². The average Bonchev–Trinajstić information content (AvgIpc) is 2.01. The Morgan fingerprint density at radius 3 is 2.20 bits per heavy atom. The van der Waals surface area contributed by atoms with E-state index in [4.69, 9.17) is 10.8 Å². The first-order chi connectivity index (χ1) is 6.34. The van der Waals surface area contributed by atoms with Crippen LogP contribution in [-0.4, -0.2) is 11.1 Å². The molecular formula is C8H7ClF3NO2. The van der Waals surface area contributed by atoms with E-state index in [1.54, 1.807) is 0 Å². The smallest absolute Gasteiger partial charge is 0.417 e. The molecule has 3 N–H and O–H groups in total. The van der Waals surface area contributed by atoms with Crippen molar-refractivity contribution in [2.45, 2.75) is 6.18 Å². The van der Waals surface area contributed by atoms with Crippen molar-refractivity contribution >= 4 is 24.1 Å². The van der Waals surface area contributed by atoms with Gasteiger partial charge in [0.15, 0.2) is 0 Å². The highest BCUT2D eigenvalue weighted by Gasteiger charge is 2.36. The Balaban J connectivity index is 0.00000196. The first-order valence-corrected chi connectivity index (χ1v) is 3.53. The zero-order chi connectivity index (χ0) is 10.9. The number of alkyl halides is 3. The van der Waals surface area contributed by atoms with E-state index in [9.17, 15) is 18.0 Å². The zero-order valence-corrected chi connectivity index (χ0v) is 8.02. The van der Waals surface area contributed by atoms with E-state index in [2.05, 4.69) is 0 Å². The molecule has 0 spiro atoms. The molecule has 0 saturated carbocycles. The average molecular weight is 242 g/mol. The molecule has 0 amide bonds. The second-order valence-corrected chi connectivity index (χ2v) is 2.57. The SMILES string of the molecule is Cl.Nc1cccc(C(F)(F)F)c1C(=O)O. The summed E-state index contributed by atoms with van der Waals surface area (Å²) in [4.78, 5) is 10.5. The Morgan fingerprint density at radius 1 is 1.33 bits per heavy atom. The van der Waals surface area contributed by atoms with E-state index < -0.39 is 29.0 Å². The predicted molar refractivity (Wildman–Crippen MR) is 50.1 cm³/mol. The van der Waals surface area contributed by atoms with Crippen molar-refractivity contribution in [2.75, 3.05) is 5.73 Å². The van der Waals surface area contributed by atoms with Crippen LogP contribution in [0.25, 0.3) is 0 Å². The first-order valence-electron chi connectivity index (χ1n) is 3.53. The lowest BCUT2D eigenvalue weighted by Crippen LogP contribution is -2.14. The number of nitrogens with two attached hydrogens (primary N) is 1. The van der Waals surface area contributed by atoms with Gasteiger partial charge in [0.05, 0.1) is 11.1 Å². The van der Waals surface area contributed by atoms with Crippen LogP contribution in [0.2, 0.25) is 0 Å². The molecule has 0 unspecified atom stereocenters. The van der Waals surface area contributed by atoms with Crippen LogP contribution in [-0.2, 0) is 6.18 Å². The molecule has 0 fully saturated rings. The fourth-order valence-corrected chi connectivity index (χ4v) is 1.05. The van der Waals surface area contributed by atoms with Crippen LogP contribution >= 0.6 is 12.4 Å². The van der Waals surface area contributed by atoms with Crippen LogP contribution in [0.15, 0.2) is 18.2 Å². The lowest BCUT2D eigenvalue weighted by Gasteiger charge is -2.11. The monoisotopic (exact) mass is 241 g/mol. The normalized spacial score (nSPS) is 10.6. The molecule has 0 aromatic heterocycles. The minimum atomic E-state index is -4.71. The first kappa shape index (κ1) is 13.6. The summed E-state index contributed by atoms with van der Waals surface area (Å²) in [6, 6.07) is 2.85. The van der Waals surface area contributed by atoms with Crippen molar-refractivity contribution in [3.8, 4) is 0 Å². The maximum absolute atomic E-state index is 12.3. The molecule has 0 aliphatic carbocycles. The Bertz CT molecular complexity index is 379. The van der Waals surface area contributed by atoms with E-state index >= 15 is 0 Å². The number of halogens is 4. The lowest BCUT2D eigenvalue weighted by molar-refractivity contribution is -0.138. The minimum Gasteiger partial charge on any atom is -0.478 e. The fourth-order valence-electron chi connectivity index (χ4n) is 1.05. The molecule has 0 saturated heterocycles. The second-order valence-electron chi connectivity index (χ2n) is 2.57. The Morgan fingerprint density at radius 2 is 1.87 bits per heavy atom. The molecule has 0 aliphatic rings. The third-order valence-corrected chi connectivity index (χ3v) is 1.62. The van der Waals surface area contributed by atoms with Crippen molar-refractivity contribution in [3.63, 3.8) is 0 Å². The number of hydrogen-bond acceptors (Lipinski definition) is 2. The fraction of sp³-hybridized carbons (Fsp3) is 0.125. The molecule has 0 bridgehead atoms. The number of anilines is 1. The van der Waals surface area contributed by atoms with E-state index in [0.717, 1.165) is 12.1 Å². The topological polar surface area (TPSA) is 63.3 Å². The zero-order valence-electron chi connectivity index (χ0n) is 7.21. The van der Waals surface area contributed by atoms with Crippen molar-refractivity contribution in [1.82, 2.24) is 0 Å². The third kappa shape index (κ3) is 2.76. The highest BCUT2D eigenvalue weighted by Crippen LogP contribution is 2.34. The van der Waals surface area contributed by atoms with Gasteiger partial charge in [0.1, 0.15) is 0 Å². The van der Waals surface area contributed by atoms with Crippen molar-refractivity contribution < 1.29 is 23.1 Å². The standard InChI is InChI=1S/C8H6F3NO2.ClH/c9-8(10,11)4-2-1-3-5(12)6(4)7(13)14;/h1-3H,12H2,(H,13,14);1H. The number of aromatic carboxylic acids is 1. The van der Waals surface area contributed by atoms with Gasteiger partial charge >= 0.3 is 12.1 Å². The highest BCUT2D eigenvalue weighted by molar-refractivity contribution is 5.95. The van der Waals surface area contributed by atoms with Crippen molar-refractivity contribution in [2.24, 2.45) is 0 Å². The summed E-state index contributed by atoms with van der Waals surface area (Å²) < 4.78 is 36.8. The van der Waals surface area contributed by atoms with Crippen LogP contribution in [0.3, 0.4) is 0 Å². The molecule has 0 aliphatic heterocycles. The van der Waals surface area contributed by atoms with E-state index in [0.29, 0.717) is 6.07 Å². The summed E-state index contributed by atoms with van der Waals surface area (Å²) in [5, 5.41) is 8.53. The summed E-state index contributed by atoms with van der Waals surface area (Å²) in [6.45, 7) is 0. The number of hydrogen-bond donors (Lipinski definition) is 2. The van der Waals surface area contributed by atoms with Crippen molar-refractivity contribution in [1.29, 1.82) is 0 Å². The summed E-state index contributed by atoms with van der Waals surface area (Å²) in [5.41, 5.74) is 2.61. The molecule has 0 radical (unpaired) electrons. The molecule has 0 atom stereocenters. The Labute approximate surface area is 89.1 Å². The number of rotatable bonds is 1. The summed E-state index contributed by atoms with van der Waals surface area (Å²) in [6.07, 6.45) is -4.71. The largest absolute Gasteiger partial charge is 0.478 e. The number of carbonyl (C=O) groups is 1. The van der Waals surface area contributed by atoms with Crippen molar-refractivity contribution in [3.05, 3.63) is 29.3 Å². The summed E-state index contributed by atoms with van der Waals surface area (Å²) in [5.74, 6) is -1.68. The van der Waals surface area contributed by atoms with Gasteiger partial charge < -0.3 is 10.8 Å². The molecule has 15 heavy (non-hydrogen) atoms. The van der Waals surface area contributed by atoms with E-state index in [1.807, 2.05) is 0 Å². The molecule has 84 valence electrons. The quantitative estimate of drug-likeness (QED) is 0.742. The molecule has 7 heteroatoms. The van der Waals surface area contributed by atoms with Crippen LogP contribution in [0.4, 0.5) is 18.9 Å². The van der Waals surface area contributed by atoms with Crippen LogP contribution in [0.5, 0.6) is 0 Å². The Kier molecular flexibility index (Phi) is 3.97. The van der Waals surface area contributed by atoms with Gasteiger partial charge in [-0.05, 0) is 12.1 Å². The molecule has 1 aromatic rings. The van der Waals surface area contributed by atoms with Gasteiger partial charge in [-0.25, -0.2) is 4.79 Å². The molecule has 0 heterocycles. The van der Waals surface area contributed by atoms with Gasteiger partial charge in [0, 0.05) is 5.69 Å². The second kappa shape index (κ2) is 4.39. The van der Waals surface area contributed by atoms with Gasteiger partial charge in [0.2, 0.25) is 0 Å². The summed E-state index contributed by atoms with van der Waals surface area (Å²) >= 11 is 0. The van der Waals surface area contributed by atoms with E-state index in [-0.39, 0.29) is 12.4 Å². The maximum Gasteiger partial charge on any atom is 0.417 e. The van der Waals surface area contributed by atoms with Crippen LogP contribution in [0.1, 0.15) is 15.9 Å². The van der Waals surface area contributed by atoms with Crippen LogP contribution in [0, 0.1) is 0 Å². The lowest BCUT2D eigenvalue weighted by atomic mass is 10.1. The maximum atomic E-state index is 12.3. The Hall–Kier alpha value is -1.43. The van der Waals surface area contributed by atoms with E-state index in [1.165, 1.54) is 0 Å². The highest BCUT2D eigenvalue weighted by atomic mass is 35.5. The minimum absolute atomic E-state index is 0. The number of benzene rings is 1. The molecule has 1 aromatic carbocycles. The van der Waals surface area contributed by atoms with Gasteiger partial charge in [-0.15, -0.1) is 12.4 Å². The number of carboxylic acids is 1. The third-order valence-electron chi connectivity index (χ3n) is 1.62. The predicted octanol–water partition coefficient (Wildman–Crippen LogP) is 2.41. The molecular weight excluding hydrogens is 235 g/mol. The number of carboxylic acid groups (broad SMARTS) is 1. The molecule has 1 rings (SSSR count). The van der Waals surface area contributed by atoms with Crippen LogP contribution < -0.4 is 5.73 Å². The molecule has 3 nitrogen and oxygen atoms in total. The summed E-state index contributed by atoms with van der Waals surface area (Å²) in [7, 11) is 0. The van der Waals surface area contributed by atoms with Gasteiger partial charge in [0.25, 0.3) is 0 Å². The van der Waals surface area contributed by atoms with Gasteiger partial charge in [-0.1, -0.05) is 6.07 Å². The number of nitrogen functional groups attached to an aromatic ring is 1.